The number of pyridine rings is 1. The molecule has 1 heterocycles. The fourth-order valence-corrected chi connectivity index (χ4v) is 5.05. The van der Waals surface area contributed by atoms with E-state index < -0.39 is 5.97 Å². The molecule has 30 heavy (non-hydrogen) atoms. The Hall–Kier alpha value is -3.47. The molecular formula is C25H22N2O3. The number of nitrogens with zero attached hydrogens (tertiary/aromatic N) is 1. The van der Waals surface area contributed by atoms with Gasteiger partial charge in [0.05, 0.1) is 7.11 Å². The van der Waals surface area contributed by atoms with Crippen LogP contribution >= 0.6 is 0 Å². The molecule has 0 radical (unpaired) electrons. The van der Waals surface area contributed by atoms with E-state index in [0.717, 1.165) is 6.42 Å². The van der Waals surface area contributed by atoms with Gasteiger partial charge in [0.2, 0.25) is 0 Å². The topological polar surface area (TPSA) is 68.3 Å². The summed E-state index contributed by atoms with van der Waals surface area (Å²) in [4.78, 5) is 28.6. The predicted octanol–water partition coefficient (Wildman–Crippen LogP) is 3.90. The van der Waals surface area contributed by atoms with Crippen molar-refractivity contribution >= 4 is 11.9 Å². The van der Waals surface area contributed by atoms with Crippen LogP contribution in [0.15, 0.2) is 66.7 Å². The van der Waals surface area contributed by atoms with Gasteiger partial charge in [-0.05, 0) is 46.7 Å². The summed E-state index contributed by atoms with van der Waals surface area (Å²) < 4.78 is 4.69. The van der Waals surface area contributed by atoms with Crippen LogP contribution in [0.4, 0.5) is 0 Å². The molecule has 0 aliphatic heterocycles. The van der Waals surface area contributed by atoms with Crippen molar-refractivity contribution in [3.63, 3.8) is 0 Å². The van der Waals surface area contributed by atoms with Gasteiger partial charge in [-0.3, -0.25) is 4.79 Å². The number of fused-ring (bicyclic) bond motifs is 1. The second-order valence-electron chi connectivity index (χ2n) is 7.89. The Labute approximate surface area is 175 Å². The molecule has 1 aromatic heterocycles. The first-order valence-electron chi connectivity index (χ1n) is 10.2. The lowest BCUT2D eigenvalue weighted by Crippen LogP contribution is -2.39. The van der Waals surface area contributed by atoms with E-state index >= 15 is 0 Å². The summed E-state index contributed by atoms with van der Waals surface area (Å²) in [6.07, 6.45) is 1.01. The van der Waals surface area contributed by atoms with Gasteiger partial charge < -0.3 is 10.1 Å². The molecule has 5 heteroatoms. The van der Waals surface area contributed by atoms with Crippen LogP contribution in [0.2, 0.25) is 0 Å². The molecule has 1 N–H and O–H groups in total. The van der Waals surface area contributed by atoms with E-state index in [2.05, 4.69) is 58.8 Å². The zero-order valence-electron chi connectivity index (χ0n) is 16.7. The van der Waals surface area contributed by atoms with E-state index in [4.69, 9.17) is 4.74 Å². The fourth-order valence-electron chi connectivity index (χ4n) is 5.05. The average molecular weight is 398 g/mol. The maximum absolute atomic E-state index is 12.7. The van der Waals surface area contributed by atoms with Crippen LogP contribution in [0.25, 0.3) is 0 Å². The third-order valence-electron chi connectivity index (χ3n) is 6.32. The molecule has 0 saturated heterocycles. The van der Waals surface area contributed by atoms with E-state index in [1.165, 1.54) is 35.4 Å². The van der Waals surface area contributed by atoms with Crippen LogP contribution in [0.5, 0.6) is 0 Å². The van der Waals surface area contributed by atoms with E-state index in [9.17, 15) is 9.59 Å². The van der Waals surface area contributed by atoms with E-state index in [1.54, 1.807) is 12.1 Å². The SMILES string of the molecule is COC(=O)c1cccc(C(=O)NCC2CC3c4ccccc4C2c2ccccc23)n1. The Bertz CT molecular complexity index is 1090. The number of benzene rings is 2. The molecule has 2 aromatic carbocycles. The Morgan fingerprint density at radius 1 is 0.900 bits per heavy atom. The summed E-state index contributed by atoms with van der Waals surface area (Å²) in [5.74, 6) is 0.126. The second kappa shape index (κ2) is 7.41. The fraction of sp³-hybridized carbons (Fsp3) is 0.240. The van der Waals surface area contributed by atoms with Crippen molar-refractivity contribution in [1.82, 2.24) is 10.3 Å². The minimum atomic E-state index is -0.553. The first-order chi connectivity index (χ1) is 14.7. The molecule has 0 fully saturated rings. The zero-order valence-corrected chi connectivity index (χ0v) is 16.7. The predicted molar refractivity (Wildman–Crippen MR) is 113 cm³/mol. The number of carbonyl (C=O) groups excluding carboxylic acids is 2. The molecule has 150 valence electrons. The van der Waals surface area contributed by atoms with Gasteiger partial charge in [-0.25, -0.2) is 9.78 Å². The normalized spacial score (nSPS) is 20.8. The smallest absolute Gasteiger partial charge is 0.356 e. The van der Waals surface area contributed by atoms with Gasteiger partial charge in [-0.2, -0.15) is 0 Å². The average Bonchev–Trinajstić information content (AvgIpc) is 2.82. The largest absolute Gasteiger partial charge is 0.464 e. The lowest BCUT2D eigenvalue weighted by Gasteiger charge is -2.45. The van der Waals surface area contributed by atoms with Crippen molar-refractivity contribution < 1.29 is 14.3 Å². The zero-order chi connectivity index (χ0) is 20.7. The standard InChI is InChI=1S/C25H22N2O3/c1-30-25(29)22-12-6-11-21(27-22)24(28)26-14-15-13-20-16-7-2-4-9-18(16)23(15)19-10-5-3-8-17(19)20/h2-12,15,20,23H,13-14H2,1H3,(H,26,28). The summed E-state index contributed by atoms with van der Waals surface area (Å²) in [6, 6.07) is 22.1. The number of nitrogens with one attached hydrogen (secondary N) is 1. The highest BCUT2D eigenvalue weighted by Gasteiger charge is 2.42. The van der Waals surface area contributed by atoms with Crippen LogP contribution in [0.1, 0.15) is 61.5 Å². The first kappa shape index (κ1) is 18.6. The minimum Gasteiger partial charge on any atom is -0.464 e. The number of methoxy groups -OCH3 is 1. The molecule has 0 spiro atoms. The van der Waals surface area contributed by atoms with Crippen molar-refractivity contribution in [3.8, 4) is 0 Å². The number of hydrogen-bond donors (Lipinski definition) is 1. The Morgan fingerprint density at radius 2 is 1.50 bits per heavy atom. The molecule has 1 atom stereocenters. The van der Waals surface area contributed by atoms with Crippen molar-refractivity contribution in [3.05, 3.63) is 100 Å². The first-order valence-corrected chi connectivity index (χ1v) is 10.2. The molecule has 3 aliphatic carbocycles. The third kappa shape index (κ3) is 2.98. The van der Waals surface area contributed by atoms with Crippen molar-refractivity contribution in [2.45, 2.75) is 18.3 Å². The highest BCUT2D eigenvalue weighted by molar-refractivity contribution is 5.94. The maximum Gasteiger partial charge on any atom is 0.356 e. The van der Waals surface area contributed by atoms with Gasteiger partial charge in [0.15, 0.2) is 0 Å². The monoisotopic (exact) mass is 398 g/mol. The number of rotatable bonds is 4. The minimum absolute atomic E-state index is 0.129. The van der Waals surface area contributed by atoms with E-state index in [1.807, 2.05) is 0 Å². The molecule has 6 rings (SSSR count). The number of esters is 1. The third-order valence-corrected chi connectivity index (χ3v) is 6.32. The van der Waals surface area contributed by atoms with Crippen molar-refractivity contribution in [2.24, 2.45) is 5.92 Å². The lowest BCUT2D eigenvalue weighted by atomic mass is 9.59. The second-order valence-corrected chi connectivity index (χ2v) is 7.89. The van der Waals surface area contributed by atoms with Gasteiger partial charge >= 0.3 is 5.97 Å². The Morgan fingerprint density at radius 3 is 2.13 bits per heavy atom. The van der Waals surface area contributed by atoms with E-state index in [-0.39, 0.29) is 23.2 Å². The highest BCUT2D eigenvalue weighted by Crippen LogP contribution is 2.55. The quantitative estimate of drug-likeness (QED) is 0.677. The molecule has 0 saturated carbocycles. The number of carbonyl (C=O) groups is 2. The number of aromatic nitrogens is 1. The van der Waals surface area contributed by atoms with Gasteiger partial charge in [0.1, 0.15) is 11.4 Å². The molecule has 3 aliphatic rings. The lowest BCUT2D eigenvalue weighted by molar-refractivity contribution is 0.0594. The van der Waals surface area contributed by atoms with Crippen LogP contribution in [0.3, 0.4) is 0 Å². The van der Waals surface area contributed by atoms with Crippen molar-refractivity contribution in [2.75, 3.05) is 13.7 Å². The van der Waals surface area contributed by atoms with Gasteiger partial charge in [0.25, 0.3) is 5.91 Å². The summed E-state index contributed by atoms with van der Waals surface area (Å²) in [5.41, 5.74) is 5.92. The van der Waals surface area contributed by atoms with Gasteiger partial charge in [0, 0.05) is 18.4 Å². The molecule has 2 bridgehead atoms. The van der Waals surface area contributed by atoms with Crippen molar-refractivity contribution in [1.29, 1.82) is 0 Å². The molecular weight excluding hydrogens is 376 g/mol. The maximum atomic E-state index is 12.7. The number of hydrogen-bond acceptors (Lipinski definition) is 4. The van der Waals surface area contributed by atoms with Gasteiger partial charge in [-0.15, -0.1) is 0 Å². The summed E-state index contributed by atoms with van der Waals surface area (Å²) in [5, 5.41) is 3.05. The molecule has 1 unspecified atom stereocenters. The number of amides is 1. The van der Waals surface area contributed by atoms with E-state index in [0.29, 0.717) is 18.4 Å². The molecule has 5 nitrogen and oxygen atoms in total. The number of ether oxygens (including phenoxy) is 1. The van der Waals surface area contributed by atoms with Gasteiger partial charge in [-0.1, -0.05) is 54.6 Å². The summed E-state index contributed by atoms with van der Waals surface area (Å²) >= 11 is 0. The highest BCUT2D eigenvalue weighted by atomic mass is 16.5. The Balaban J connectivity index is 1.38. The Kier molecular flexibility index (Phi) is 4.58. The molecule has 1 amide bonds. The summed E-state index contributed by atoms with van der Waals surface area (Å²) in [7, 11) is 1.30. The van der Waals surface area contributed by atoms with Crippen LogP contribution in [-0.2, 0) is 4.74 Å². The van der Waals surface area contributed by atoms with Crippen LogP contribution in [-0.4, -0.2) is 30.5 Å². The van der Waals surface area contributed by atoms with Crippen LogP contribution < -0.4 is 5.32 Å². The molecule has 3 aromatic rings. The van der Waals surface area contributed by atoms with Crippen LogP contribution in [0, 0.1) is 5.92 Å². The summed E-state index contributed by atoms with van der Waals surface area (Å²) in [6.45, 7) is 0.562.